The van der Waals surface area contributed by atoms with E-state index in [1.807, 2.05) is 37.3 Å². The fourth-order valence-electron chi connectivity index (χ4n) is 1.51. The molecule has 0 aliphatic carbocycles. The Labute approximate surface area is 125 Å². The van der Waals surface area contributed by atoms with Crippen molar-refractivity contribution in [3.05, 3.63) is 57.6 Å². The van der Waals surface area contributed by atoms with E-state index in [0.29, 0.717) is 15.8 Å². The highest BCUT2D eigenvalue weighted by atomic mass is 79.9. The predicted octanol–water partition coefficient (Wildman–Crippen LogP) is 5.99. The molecule has 1 nitrogen and oxygen atoms in total. The lowest BCUT2D eigenvalue weighted by molar-refractivity contribution is 0.479. The molecule has 2 aromatic rings. The molecule has 0 unspecified atom stereocenters. The molecule has 2 rings (SSSR count). The van der Waals surface area contributed by atoms with Crippen LogP contribution in [-0.4, -0.2) is 0 Å². The van der Waals surface area contributed by atoms with Gasteiger partial charge in [-0.15, -0.1) is 0 Å². The Hall–Kier alpha value is -0.700. The Morgan fingerprint density at radius 3 is 2.50 bits per heavy atom. The van der Waals surface area contributed by atoms with Crippen molar-refractivity contribution in [2.24, 2.45) is 0 Å². The smallest absolute Gasteiger partial charge is 0.146 e. The van der Waals surface area contributed by atoms with Crippen LogP contribution < -0.4 is 4.74 Å². The van der Waals surface area contributed by atoms with E-state index in [9.17, 15) is 0 Å². The molecule has 0 fully saturated rings. The van der Waals surface area contributed by atoms with Gasteiger partial charge in [-0.1, -0.05) is 51.3 Å². The van der Waals surface area contributed by atoms with Crippen LogP contribution >= 0.6 is 39.1 Å². The molecule has 0 radical (unpaired) electrons. The van der Waals surface area contributed by atoms with Crippen LogP contribution in [0.15, 0.2) is 36.4 Å². The zero-order valence-electron chi connectivity index (χ0n) is 9.71. The molecule has 0 aromatic heterocycles. The predicted molar refractivity (Wildman–Crippen MR) is 80.3 cm³/mol. The first-order valence-corrected chi connectivity index (χ1v) is 7.26. The number of hydrogen-bond donors (Lipinski definition) is 0. The van der Waals surface area contributed by atoms with Gasteiger partial charge in [-0.05, 0) is 42.3 Å². The lowest BCUT2D eigenvalue weighted by Gasteiger charge is -2.11. The molecule has 0 amide bonds. The Balaban J connectivity index is 2.31. The van der Waals surface area contributed by atoms with E-state index < -0.39 is 0 Å². The number of benzene rings is 2. The summed E-state index contributed by atoms with van der Waals surface area (Å²) in [7, 11) is 0. The van der Waals surface area contributed by atoms with Crippen molar-refractivity contribution in [1.29, 1.82) is 0 Å². The largest absolute Gasteiger partial charge is 0.455 e. The van der Waals surface area contributed by atoms with Gasteiger partial charge in [-0.25, -0.2) is 0 Å². The van der Waals surface area contributed by atoms with Crippen LogP contribution in [0.5, 0.6) is 11.5 Å². The van der Waals surface area contributed by atoms with Gasteiger partial charge in [-0.3, -0.25) is 0 Å². The number of halogens is 3. The zero-order chi connectivity index (χ0) is 13.1. The van der Waals surface area contributed by atoms with Crippen LogP contribution in [0.25, 0.3) is 0 Å². The van der Waals surface area contributed by atoms with Gasteiger partial charge >= 0.3 is 0 Å². The summed E-state index contributed by atoms with van der Waals surface area (Å²) in [4.78, 5) is 0. The molecule has 0 bridgehead atoms. The summed E-state index contributed by atoms with van der Waals surface area (Å²) >= 11 is 15.5. The standard InChI is InChI=1S/C14H11BrCl2O/c1-9-2-4-11(16)7-14(9)18-13-5-3-10(8-15)6-12(13)17/h2-7H,8H2,1H3. The number of alkyl halides is 1. The number of aryl methyl sites for hydroxylation is 1. The third-order valence-electron chi connectivity index (χ3n) is 2.52. The average Bonchev–Trinajstić information content (AvgIpc) is 2.36. The van der Waals surface area contributed by atoms with Crippen molar-refractivity contribution < 1.29 is 4.74 Å². The second-order valence-electron chi connectivity index (χ2n) is 3.91. The van der Waals surface area contributed by atoms with E-state index in [1.54, 1.807) is 6.07 Å². The maximum Gasteiger partial charge on any atom is 0.146 e. The molecular formula is C14H11BrCl2O. The third-order valence-corrected chi connectivity index (χ3v) is 3.70. The molecule has 0 aliphatic rings. The van der Waals surface area contributed by atoms with Crippen molar-refractivity contribution in [3.63, 3.8) is 0 Å². The Kier molecular flexibility index (Phi) is 4.55. The molecule has 0 aliphatic heterocycles. The monoisotopic (exact) mass is 344 g/mol. The second kappa shape index (κ2) is 5.96. The zero-order valence-corrected chi connectivity index (χ0v) is 12.8. The summed E-state index contributed by atoms with van der Waals surface area (Å²) in [5, 5.41) is 2.00. The minimum absolute atomic E-state index is 0.589. The summed E-state index contributed by atoms with van der Waals surface area (Å²) in [6, 6.07) is 11.2. The average molecular weight is 346 g/mol. The molecule has 0 saturated carbocycles. The first-order valence-electron chi connectivity index (χ1n) is 5.38. The van der Waals surface area contributed by atoms with Gasteiger partial charge in [-0.2, -0.15) is 0 Å². The maximum absolute atomic E-state index is 6.17. The van der Waals surface area contributed by atoms with E-state index in [4.69, 9.17) is 27.9 Å². The van der Waals surface area contributed by atoms with Gasteiger partial charge in [0.05, 0.1) is 5.02 Å². The van der Waals surface area contributed by atoms with Crippen LogP contribution in [0.2, 0.25) is 10.0 Å². The lowest BCUT2D eigenvalue weighted by atomic mass is 10.2. The van der Waals surface area contributed by atoms with E-state index >= 15 is 0 Å². The van der Waals surface area contributed by atoms with Crippen molar-refractivity contribution in [2.45, 2.75) is 12.3 Å². The van der Waals surface area contributed by atoms with Gasteiger partial charge < -0.3 is 4.74 Å². The number of ether oxygens (including phenoxy) is 1. The fourth-order valence-corrected chi connectivity index (χ4v) is 2.27. The minimum atomic E-state index is 0.589. The van der Waals surface area contributed by atoms with Gasteiger partial charge in [0.1, 0.15) is 11.5 Å². The highest BCUT2D eigenvalue weighted by molar-refractivity contribution is 9.08. The summed E-state index contributed by atoms with van der Waals surface area (Å²) in [5.41, 5.74) is 2.12. The lowest BCUT2D eigenvalue weighted by Crippen LogP contribution is -1.89. The molecular weight excluding hydrogens is 335 g/mol. The number of rotatable bonds is 3. The van der Waals surface area contributed by atoms with Crippen LogP contribution in [0.4, 0.5) is 0 Å². The van der Waals surface area contributed by atoms with Gasteiger partial charge in [0.2, 0.25) is 0 Å². The van der Waals surface area contributed by atoms with Crippen molar-refractivity contribution in [1.82, 2.24) is 0 Å². The van der Waals surface area contributed by atoms with Crippen molar-refractivity contribution in [3.8, 4) is 11.5 Å². The first kappa shape index (κ1) is 13.7. The Morgan fingerprint density at radius 2 is 1.83 bits per heavy atom. The molecule has 4 heteroatoms. The van der Waals surface area contributed by atoms with E-state index in [-0.39, 0.29) is 0 Å². The normalized spacial score (nSPS) is 10.4. The molecule has 0 N–H and O–H groups in total. The maximum atomic E-state index is 6.17. The number of hydrogen-bond acceptors (Lipinski definition) is 1. The van der Waals surface area contributed by atoms with Crippen LogP contribution in [0, 0.1) is 6.92 Å². The Bertz CT molecular complexity index is 570. The van der Waals surface area contributed by atoms with E-state index in [1.165, 1.54) is 0 Å². The highest BCUT2D eigenvalue weighted by Crippen LogP contribution is 2.33. The summed E-state index contributed by atoms with van der Waals surface area (Å²) in [6.45, 7) is 1.96. The highest BCUT2D eigenvalue weighted by Gasteiger charge is 2.07. The SMILES string of the molecule is Cc1ccc(Cl)cc1Oc1ccc(CBr)cc1Cl. The first-order chi connectivity index (χ1) is 8.60. The second-order valence-corrected chi connectivity index (χ2v) is 5.31. The molecule has 0 atom stereocenters. The van der Waals surface area contributed by atoms with E-state index in [2.05, 4.69) is 15.9 Å². The van der Waals surface area contributed by atoms with Crippen molar-refractivity contribution >= 4 is 39.1 Å². The van der Waals surface area contributed by atoms with Crippen LogP contribution in [-0.2, 0) is 5.33 Å². The summed E-state index contributed by atoms with van der Waals surface area (Å²) < 4.78 is 5.79. The summed E-state index contributed by atoms with van der Waals surface area (Å²) in [6.07, 6.45) is 0. The quantitative estimate of drug-likeness (QED) is 0.621. The molecule has 2 aromatic carbocycles. The molecule has 0 saturated heterocycles. The topological polar surface area (TPSA) is 9.23 Å². The molecule has 0 spiro atoms. The molecule has 94 valence electrons. The van der Waals surface area contributed by atoms with Crippen molar-refractivity contribution in [2.75, 3.05) is 0 Å². The van der Waals surface area contributed by atoms with Gasteiger partial charge in [0.25, 0.3) is 0 Å². The van der Waals surface area contributed by atoms with E-state index in [0.717, 1.165) is 22.2 Å². The summed E-state index contributed by atoms with van der Waals surface area (Å²) in [5.74, 6) is 1.35. The van der Waals surface area contributed by atoms with Crippen LogP contribution in [0.3, 0.4) is 0 Å². The van der Waals surface area contributed by atoms with Gasteiger partial charge in [0.15, 0.2) is 0 Å². The van der Waals surface area contributed by atoms with Crippen LogP contribution in [0.1, 0.15) is 11.1 Å². The van der Waals surface area contributed by atoms with Gasteiger partial charge in [0, 0.05) is 10.4 Å². The molecule has 0 heterocycles. The third kappa shape index (κ3) is 3.19. The minimum Gasteiger partial charge on any atom is -0.455 e. The Morgan fingerprint density at radius 1 is 1.06 bits per heavy atom. The molecule has 18 heavy (non-hydrogen) atoms. The fraction of sp³-hybridized carbons (Fsp3) is 0.143.